The maximum atomic E-state index is 10.6. The highest BCUT2D eigenvalue weighted by molar-refractivity contribution is 5.99. The largest absolute Gasteiger partial charge is 0.507 e. The third-order valence-electron chi connectivity index (χ3n) is 5.37. The average Bonchev–Trinajstić information content (AvgIpc) is 2.56. The topological polar surface area (TPSA) is 60.7 Å². The zero-order valence-electron chi connectivity index (χ0n) is 14.6. The molecule has 2 aromatic rings. The molecule has 24 heavy (non-hydrogen) atoms. The van der Waals surface area contributed by atoms with Gasteiger partial charge in [-0.25, -0.2) is 0 Å². The van der Waals surface area contributed by atoms with Crippen molar-refractivity contribution < 1.29 is 15.3 Å². The van der Waals surface area contributed by atoms with Crippen LogP contribution in [-0.4, -0.2) is 15.3 Å². The summed E-state index contributed by atoms with van der Waals surface area (Å²) in [6.07, 6.45) is 6.03. The van der Waals surface area contributed by atoms with Crippen LogP contribution in [0.15, 0.2) is 29.8 Å². The van der Waals surface area contributed by atoms with E-state index in [0.29, 0.717) is 27.7 Å². The molecule has 0 radical (unpaired) electrons. The van der Waals surface area contributed by atoms with Gasteiger partial charge in [0, 0.05) is 10.8 Å². The van der Waals surface area contributed by atoms with Crippen LogP contribution in [0.3, 0.4) is 0 Å². The minimum Gasteiger partial charge on any atom is -0.507 e. The van der Waals surface area contributed by atoms with E-state index in [1.165, 1.54) is 5.57 Å². The average molecular weight is 326 g/mol. The smallest absolute Gasteiger partial charge is 0.169 e. The summed E-state index contributed by atoms with van der Waals surface area (Å²) in [5.74, 6) is 0.323. The van der Waals surface area contributed by atoms with Crippen molar-refractivity contribution in [1.82, 2.24) is 0 Å². The molecular weight excluding hydrogens is 300 g/mol. The van der Waals surface area contributed by atoms with Gasteiger partial charge in [0.2, 0.25) is 0 Å². The highest BCUT2D eigenvalue weighted by atomic mass is 16.3. The van der Waals surface area contributed by atoms with Crippen LogP contribution < -0.4 is 0 Å². The van der Waals surface area contributed by atoms with Gasteiger partial charge in [0.15, 0.2) is 11.5 Å². The van der Waals surface area contributed by atoms with E-state index < -0.39 is 0 Å². The summed E-state index contributed by atoms with van der Waals surface area (Å²) in [7, 11) is 0. The summed E-state index contributed by atoms with van der Waals surface area (Å²) >= 11 is 0. The van der Waals surface area contributed by atoms with Crippen LogP contribution in [0.25, 0.3) is 16.8 Å². The summed E-state index contributed by atoms with van der Waals surface area (Å²) in [6, 6.07) is 7.02. The number of phenolic OH excluding ortho intramolecular Hbond substituents is 3. The summed E-state index contributed by atoms with van der Waals surface area (Å²) in [5.41, 5.74) is 1.86. The molecule has 1 aliphatic rings. The summed E-state index contributed by atoms with van der Waals surface area (Å²) in [6.45, 7) is 6.85. The number of phenols is 3. The minimum atomic E-state index is -0.239. The van der Waals surface area contributed by atoms with Crippen LogP contribution in [0.4, 0.5) is 0 Å². The van der Waals surface area contributed by atoms with Crippen molar-refractivity contribution in [2.24, 2.45) is 11.3 Å². The molecule has 0 aliphatic heterocycles. The molecule has 3 rings (SSSR count). The summed E-state index contributed by atoms with van der Waals surface area (Å²) in [5, 5.41) is 32.2. The van der Waals surface area contributed by atoms with Crippen molar-refractivity contribution in [2.75, 3.05) is 0 Å². The fourth-order valence-electron chi connectivity index (χ4n) is 3.75. The molecular formula is C21H26O3. The van der Waals surface area contributed by atoms with E-state index in [4.69, 9.17) is 0 Å². The molecule has 2 aromatic carbocycles. The summed E-state index contributed by atoms with van der Waals surface area (Å²) in [4.78, 5) is 0. The van der Waals surface area contributed by atoms with Gasteiger partial charge in [-0.05, 0) is 43.1 Å². The minimum absolute atomic E-state index is 0.0337. The molecule has 3 nitrogen and oxygen atoms in total. The van der Waals surface area contributed by atoms with Gasteiger partial charge in [0.25, 0.3) is 0 Å². The first-order valence-corrected chi connectivity index (χ1v) is 8.64. The fraction of sp³-hybridized carbons (Fsp3) is 0.429. The highest BCUT2D eigenvalue weighted by Gasteiger charge is 2.28. The molecule has 1 aliphatic carbocycles. The van der Waals surface area contributed by atoms with Gasteiger partial charge in [-0.1, -0.05) is 50.6 Å². The third kappa shape index (κ3) is 2.95. The first-order valence-electron chi connectivity index (χ1n) is 8.64. The molecule has 0 bridgehead atoms. The Kier molecular flexibility index (Phi) is 4.20. The van der Waals surface area contributed by atoms with Crippen LogP contribution in [0.5, 0.6) is 17.2 Å². The molecule has 0 unspecified atom stereocenters. The normalized spacial score (nSPS) is 18.8. The fourth-order valence-corrected chi connectivity index (χ4v) is 3.75. The van der Waals surface area contributed by atoms with Crippen LogP contribution >= 0.6 is 0 Å². The Hall–Kier alpha value is -2.16. The molecule has 0 aromatic heterocycles. The zero-order valence-corrected chi connectivity index (χ0v) is 14.6. The van der Waals surface area contributed by atoms with Crippen LogP contribution in [0.1, 0.15) is 52.0 Å². The predicted molar refractivity (Wildman–Crippen MR) is 98.3 cm³/mol. The molecule has 128 valence electrons. The lowest BCUT2D eigenvalue weighted by atomic mass is 9.71. The molecule has 0 amide bonds. The number of fused-ring (bicyclic) bond motifs is 1. The number of rotatable bonds is 1. The van der Waals surface area contributed by atoms with Crippen molar-refractivity contribution >= 4 is 16.8 Å². The highest BCUT2D eigenvalue weighted by Crippen LogP contribution is 2.46. The number of allylic oxidation sites excluding steroid dienone is 1. The quantitative estimate of drug-likeness (QED) is 0.474. The first kappa shape index (κ1) is 16.7. The van der Waals surface area contributed by atoms with Gasteiger partial charge < -0.3 is 15.3 Å². The van der Waals surface area contributed by atoms with Gasteiger partial charge in [0.1, 0.15) is 5.75 Å². The maximum absolute atomic E-state index is 10.6. The van der Waals surface area contributed by atoms with E-state index in [2.05, 4.69) is 20.8 Å². The number of aromatic hydroxyl groups is 3. The predicted octanol–water partition coefficient (Wildman–Crippen LogP) is 5.58. The van der Waals surface area contributed by atoms with Crippen LogP contribution in [0.2, 0.25) is 0 Å². The monoisotopic (exact) mass is 326 g/mol. The van der Waals surface area contributed by atoms with Crippen molar-refractivity contribution in [3.8, 4) is 17.2 Å². The number of benzene rings is 2. The molecule has 3 heteroatoms. The Balaban J connectivity index is 1.97. The van der Waals surface area contributed by atoms with Crippen LogP contribution in [0, 0.1) is 11.3 Å². The van der Waals surface area contributed by atoms with E-state index in [1.54, 1.807) is 18.2 Å². The van der Waals surface area contributed by atoms with Crippen molar-refractivity contribution in [1.29, 1.82) is 0 Å². The first-order chi connectivity index (χ1) is 11.3. The second-order valence-corrected chi connectivity index (χ2v) is 7.95. The Bertz CT molecular complexity index is 787. The van der Waals surface area contributed by atoms with Crippen LogP contribution in [-0.2, 0) is 0 Å². The van der Waals surface area contributed by atoms with E-state index in [-0.39, 0.29) is 17.2 Å². The maximum Gasteiger partial charge on any atom is 0.169 e. The Morgan fingerprint density at radius 3 is 1.96 bits per heavy atom. The lowest BCUT2D eigenvalue weighted by molar-refractivity contribution is 0.198. The molecule has 1 fully saturated rings. The van der Waals surface area contributed by atoms with E-state index in [0.717, 1.165) is 25.7 Å². The lowest BCUT2D eigenvalue weighted by Crippen LogP contribution is -2.23. The lowest BCUT2D eigenvalue weighted by Gasteiger charge is -2.34. The van der Waals surface area contributed by atoms with Gasteiger partial charge in [-0.2, -0.15) is 0 Å². The number of hydrogen-bond acceptors (Lipinski definition) is 3. The molecule has 0 heterocycles. The second kappa shape index (κ2) is 6.04. The van der Waals surface area contributed by atoms with Crippen molar-refractivity contribution in [3.63, 3.8) is 0 Å². The van der Waals surface area contributed by atoms with E-state index >= 15 is 0 Å². The van der Waals surface area contributed by atoms with Crippen molar-refractivity contribution in [2.45, 2.75) is 46.5 Å². The SMILES string of the molecule is CC(C)(C)C1CCC(=Cc2c(O)c(O)c3ccccc3c2O)CC1. The second-order valence-electron chi connectivity index (χ2n) is 7.95. The van der Waals surface area contributed by atoms with Gasteiger partial charge in [-0.3, -0.25) is 0 Å². The molecule has 0 atom stereocenters. The standard InChI is InChI=1S/C21H26O3/c1-21(2,3)14-10-8-13(9-11-14)12-17-18(22)15-6-4-5-7-16(15)19(23)20(17)24/h4-7,12,14,22-24H,8-11H2,1-3H3. The molecule has 0 spiro atoms. The van der Waals surface area contributed by atoms with Gasteiger partial charge in [-0.15, -0.1) is 0 Å². The Morgan fingerprint density at radius 2 is 1.42 bits per heavy atom. The Labute approximate surface area is 143 Å². The number of hydrogen-bond donors (Lipinski definition) is 3. The Morgan fingerprint density at radius 1 is 0.875 bits per heavy atom. The third-order valence-corrected chi connectivity index (χ3v) is 5.37. The van der Waals surface area contributed by atoms with E-state index in [1.807, 2.05) is 12.1 Å². The molecule has 1 saturated carbocycles. The zero-order chi connectivity index (χ0) is 17.5. The molecule has 3 N–H and O–H groups in total. The van der Waals surface area contributed by atoms with Gasteiger partial charge in [0.05, 0.1) is 5.56 Å². The van der Waals surface area contributed by atoms with E-state index in [9.17, 15) is 15.3 Å². The van der Waals surface area contributed by atoms with Crippen molar-refractivity contribution in [3.05, 3.63) is 35.4 Å². The van der Waals surface area contributed by atoms with Gasteiger partial charge >= 0.3 is 0 Å². The molecule has 0 saturated heterocycles. The summed E-state index contributed by atoms with van der Waals surface area (Å²) < 4.78 is 0.